The Bertz CT molecular complexity index is 4180. The highest BCUT2D eigenvalue weighted by Crippen LogP contribution is 2.59. The van der Waals surface area contributed by atoms with E-state index in [1.807, 2.05) is 132 Å². The van der Waals surface area contributed by atoms with Crippen LogP contribution in [0, 0.1) is 0 Å². The fourth-order valence-electron chi connectivity index (χ4n) is 9.57. The summed E-state index contributed by atoms with van der Waals surface area (Å²) in [5.41, 5.74) is 4.52. The number of phenolic OH excluding ortho intramolecular Hbond substituents is 10. The van der Waals surface area contributed by atoms with Gasteiger partial charge in [0.2, 0.25) is 34.5 Å². The second-order valence-corrected chi connectivity index (χ2v) is 18.1. The molecule has 72 heavy (non-hydrogen) atoms. The van der Waals surface area contributed by atoms with Crippen molar-refractivity contribution in [2.75, 3.05) is 0 Å². The second-order valence-electron chi connectivity index (χ2n) is 17.1. The lowest BCUT2D eigenvalue weighted by molar-refractivity contribution is 0.330. The molecule has 9 aromatic carbocycles. The van der Waals surface area contributed by atoms with E-state index in [1.165, 1.54) is 23.5 Å². The number of aromatic hydroxyl groups is 10. The van der Waals surface area contributed by atoms with Gasteiger partial charge in [-0.25, -0.2) is 15.0 Å². The first-order valence-corrected chi connectivity index (χ1v) is 23.1. The van der Waals surface area contributed by atoms with E-state index in [1.54, 1.807) is 18.2 Å². The number of nitrogens with zero attached hydrogens (tertiary/aromatic N) is 4. The molecule has 350 valence electrons. The minimum atomic E-state index is -1.19. The molecule has 0 saturated heterocycles. The summed E-state index contributed by atoms with van der Waals surface area (Å²) < 4.78 is 3.55. The highest BCUT2D eigenvalue weighted by atomic mass is 32.1. The highest BCUT2D eigenvalue weighted by Gasteiger charge is 2.31. The van der Waals surface area contributed by atoms with Crippen molar-refractivity contribution in [1.82, 2.24) is 19.5 Å². The molecule has 0 amide bonds. The van der Waals surface area contributed by atoms with Gasteiger partial charge in [-0.05, 0) is 47.0 Å². The van der Waals surface area contributed by atoms with Gasteiger partial charge in [0.1, 0.15) is 0 Å². The van der Waals surface area contributed by atoms with E-state index in [0.717, 1.165) is 48.0 Å². The first kappa shape index (κ1) is 43.3. The average molecular weight is 969 g/mol. The Balaban J connectivity index is 1.11. The van der Waals surface area contributed by atoms with Crippen molar-refractivity contribution in [3.63, 3.8) is 0 Å². The van der Waals surface area contributed by atoms with E-state index in [-0.39, 0.29) is 16.6 Å². The smallest absolute Gasteiger partial charge is 0.208 e. The van der Waals surface area contributed by atoms with Crippen LogP contribution in [-0.2, 0) is 0 Å². The van der Waals surface area contributed by atoms with E-state index in [4.69, 9.17) is 15.0 Å². The van der Waals surface area contributed by atoms with E-state index in [9.17, 15) is 51.1 Å². The number of hydrogen-bond acceptors (Lipinski definition) is 14. The number of rotatable bonds is 7. The molecule has 0 aliphatic rings. The highest BCUT2D eigenvalue weighted by molar-refractivity contribution is 7.26. The van der Waals surface area contributed by atoms with Crippen LogP contribution in [0.1, 0.15) is 0 Å². The zero-order valence-corrected chi connectivity index (χ0v) is 38.0. The Labute approximate surface area is 410 Å². The van der Waals surface area contributed by atoms with Crippen molar-refractivity contribution >= 4 is 53.3 Å². The van der Waals surface area contributed by atoms with Crippen LogP contribution in [0.2, 0.25) is 0 Å². The van der Waals surface area contributed by atoms with Gasteiger partial charge in [-0.15, -0.1) is 11.3 Å². The van der Waals surface area contributed by atoms with Gasteiger partial charge in [0.15, 0.2) is 40.5 Å². The van der Waals surface area contributed by atoms with Gasteiger partial charge in [-0.3, -0.25) is 0 Å². The largest absolute Gasteiger partial charge is 0.504 e. The molecule has 10 N–H and O–H groups in total. The van der Waals surface area contributed by atoms with Gasteiger partial charge in [0, 0.05) is 48.5 Å². The van der Waals surface area contributed by atoms with Crippen LogP contribution >= 0.6 is 11.3 Å². The van der Waals surface area contributed by atoms with E-state index in [0.29, 0.717) is 39.4 Å². The fraction of sp³-hybridized carbons (Fsp3) is 0. The zero-order valence-electron chi connectivity index (χ0n) is 37.2. The maximum Gasteiger partial charge on any atom is 0.208 e. The Morgan fingerprint density at radius 1 is 0.333 bits per heavy atom. The lowest BCUT2D eigenvalue weighted by Gasteiger charge is -2.18. The average Bonchev–Trinajstić information content (AvgIpc) is 3.97. The third-order valence-corrected chi connectivity index (χ3v) is 14.2. The molecule has 3 aromatic heterocycles. The Kier molecular flexibility index (Phi) is 9.82. The number of phenols is 10. The molecule has 14 nitrogen and oxygen atoms in total. The first-order chi connectivity index (χ1) is 34.9. The summed E-state index contributed by atoms with van der Waals surface area (Å²) >= 11 is 1.49. The molecule has 0 aliphatic carbocycles. The minimum Gasteiger partial charge on any atom is -0.504 e. The van der Waals surface area contributed by atoms with Crippen LogP contribution in [0.5, 0.6) is 57.5 Å². The maximum absolute atomic E-state index is 11.5. The quantitative estimate of drug-likeness (QED) is 0.0528. The Morgan fingerprint density at radius 2 is 0.861 bits per heavy atom. The summed E-state index contributed by atoms with van der Waals surface area (Å²) in [5, 5.41) is 112. The lowest BCUT2D eigenvalue weighted by atomic mass is 9.92. The van der Waals surface area contributed by atoms with Crippen LogP contribution in [0.25, 0.3) is 115 Å². The van der Waals surface area contributed by atoms with Gasteiger partial charge in [-0.2, -0.15) is 0 Å². The maximum atomic E-state index is 11.5. The Hall–Kier alpha value is -9.99. The zero-order chi connectivity index (χ0) is 49.7. The summed E-state index contributed by atoms with van der Waals surface area (Å²) in [5.74, 6) is -9.62. The van der Waals surface area contributed by atoms with Crippen molar-refractivity contribution in [3.8, 4) is 131 Å². The number of benzene rings is 9. The molecule has 12 rings (SSSR count). The molecule has 0 spiro atoms. The van der Waals surface area contributed by atoms with Gasteiger partial charge >= 0.3 is 0 Å². The van der Waals surface area contributed by atoms with E-state index >= 15 is 0 Å². The third-order valence-electron chi connectivity index (χ3n) is 13.0. The van der Waals surface area contributed by atoms with Gasteiger partial charge in [0.25, 0.3) is 0 Å². The Morgan fingerprint density at radius 3 is 1.53 bits per heavy atom. The number of para-hydroxylation sites is 1. The first-order valence-electron chi connectivity index (χ1n) is 22.3. The fourth-order valence-corrected chi connectivity index (χ4v) is 10.8. The summed E-state index contributed by atoms with van der Waals surface area (Å²) in [6.45, 7) is 0. The molecule has 15 heteroatoms. The molecular weight excluding hydrogens is 933 g/mol. The van der Waals surface area contributed by atoms with Gasteiger partial charge in [-0.1, -0.05) is 127 Å². The molecule has 12 aromatic rings. The van der Waals surface area contributed by atoms with Crippen molar-refractivity contribution in [3.05, 3.63) is 158 Å². The predicted molar refractivity (Wildman–Crippen MR) is 276 cm³/mol. The van der Waals surface area contributed by atoms with Crippen molar-refractivity contribution in [1.29, 1.82) is 0 Å². The van der Waals surface area contributed by atoms with Gasteiger partial charge in [0.05, 0.1) is 32.5 Å². The lowest BCUT2D eigenvalue weighted by Crippen LogP contribution is -2.01. The molecule has 0 unspecified atom stereocenters. The summed E-state index contributed by atoms with van der Waals surface area (Å²) in [6, 6.07) is 49.5. The second kappa shape index (κ2) is 16.3. The van der Waals surface area contributed by atoms with Crippen LogP contribution < -0.4 is 0 Å². The van der Waals surface area contributed by atoms with Crippen molar-refractivity contribution in [2.45, 2.75) is 0 Å². The van der Waals surface area contributed by atoms with Gasteiger partial charge < -0.3 is 55.6 Å². The summed E-state index contributed by atoms with van der Waals surface area (Å²) in [4.78, 5) is 15.2. The molecular formula is C57H36N4O10S. The predicted octanol–water partition coefficient (Wildman–Crippen LogP) is 12.4. The summed E-state index contributed by atoms with van der Waals surface area (Å²) in [7, 11) is 0. The molecule has 0 radical (unpaired) electrons. The van der Waals surface area contributed by atoms with E-state index in [2.05, 4.69) is 0 Å². The molecule has 0 aliphatic heterocycles. The number of thiophene rings is 1. The molecule has 0 bridgehead atoms. The molecule has 3 heterocycles. The number of aromatic nitrogens is 4. The molecule has 0 atom stereocenters. The monoisotopic (exact) mass is 968 g/mol. The van der Waals surface area contributed by atoms with Crippen LogP contribution in [0.15, 0.2) is 158 Å². The van der Waals surface area contributed by atoms with Crippen LogP contribution in [0.3, 0.4) is 0 Å². The summed E-state index contributed by atoms with van der Waals surface area (Å²) in [6.07, 6.45) is 0. The van der Waals surface area contributed by atoms with Crippen molar-refractivity contribution < 1.29 is 51.1 Å². The third kappa shape index (κ3) is 6.52. The van der Waals surface area contributed by atoms with Crippen LogP contribution in [-0.4, -0.2) is 70.6 Å². The molecule has 0 fully saturated rings. The normalized spacial score (nSPS) is 11.6. The topological polar surface area (TPSA) is 246 Å². The minimum absolute atomic E-state index is 0.111. The van der Waals surface area contributed by atoms with E-state index < -0.39 is 68.6 Å². The number of hydrogen-bond donors (Lipinski definition) is 10. The van der Waals surface area contributed by atoms with Crippen molar-refractivity contribution in [2.24, 2.45) is 0 Å². The van der Waals surface area contributed by atoms with Crippen LogP contribution in [0.4, 0.5) is 0 Å². The number of fused-ring (bicyclic) bond motifs is 6. The molecule has 0 saturated carbocycles. The standard InChI is InChI=1S/C57H36N4O10S/c62-44-41(45(63)49(67)52(70)48(44)66)30-24-36-32-17-9-10-20-38(32)61(43(36)37(25-30)42-46(64)50(68)53(71)51(69)47(42)65)39-21-11-19-34-33-23-22-29(26-40(33)72-54(34)39)56-58-55(28-14-5-2-6-15-28)59-57(60-56)35-18-8-7-16-31(35)27-12-3-1-4-13-27/h1-26,62-71H. The SMILES string of the molecule is Oc1c(O)c(O)c(-c2cc(-c3c(O)c(O)c(O)c(O)c3O)c3c(c2)c2ccccc2n3-c2cccc3c2sc2cc(-c4nc(-c5ccccc5)nc(-c5ccccc5-c5ccccc5)n4)ccc23)c(O)c1O.